The van der Waals surface area contributed by atoms with Crippen molar-refractivity contribution in [3.05, 3.63) is 83.3 Å². The number of nitrogens with one attached hydrogen (secondary N) is 2. The van der Waals surface area contributed by atoms with E-state index in [4.69, 9.17) is 10.7 Å². The second kappa shape index (κ2) is 15.9. The molecule has 16 heteroatoms. The van der Waals surface area contributed by atoms with Gasteiger partial charge in [-0.15, -0.1) is 0 Å². The lowest BCUT2D eigenvalue weighted by Gasteiger charge is -2.48. The first-order valence-corrected chi connectivity index (χ1v) is 21.2. The lowest BCUT2D eigenvalue weighted by Crippen LogP contribution is -2.51. The zero-order valence-electron chi connectivity index (χ0n) is 34.2. The van der Waals surface area contributed by atoms with Crippen molar-refractivity contribution < 1.29 is 24.0 Å². The summed E-state index contributed by atoms with van der Waals surface area (Å²) in [7, 11) is 1.83. The number of likely N-dealkylation sites (N-methyl/N-ethyl adjacent to an activating group) is 1. The van der Waals surface area contributed by atoms with Crippen LogP contribution in [0, 0.1) is 5.41 Å². The lowest BCUT2D eigenvalue weighted by atomic mass is 9.72. The standard InChI is InChI=1S/C44H53N11O5/c1-28-6-13-35(40(57)47-28)55-41(58)33-12-7-29(23-34(33)42(55)59)25-51-17-4-14-44(27-51)15-19-52(20-16-44)31-10-8-30(9-11-31)48-39-37(38(45)56)46-24-36(49-39)53-18-3-5-32(26-53)54-22-21-50(2)43(54)60/h7-12,23-24,32,35H,1,3-6,13-22,25-27H2,2H3,(H2,45,56)(H,47,57)(H,48,49)/t32-,35?/m0/s1. The summed E-state index contributed by atoms with van der Waals surface area (Å²) in [6.07, 6.45) is 8.76. The molecule has 7 heterocycles. The van der Waals surface area contributed by atoms with Crippen molar-refractivity contribution in [2.75, 3.05) is 74.5 Å². The first-order chi connectivity index (χ1) is 28.9. The number of imide groups is 1. The van der Waals surface area contributed by atoms with Crippen LogP contribution in [0.1, 0.15) is 88.1 Å². The number of urea groups is 1. The van der Waals surface area contributed by atoms with E-state index in [9.17, 15) is 24.0 Å². The lowest BCUT2D eigenvalue weighted by molar-refractivity contribution is -0.125. The molecule has 1 aromatic heterocycles. The molecule has 314 valence electrons. The number of anilines is 4. The Labute approximate surface area is 349 Å². The second-order valence-corrected chi connectivity index (χ2v) is 17.4. The maximum atomic E-state index is 13.5. The van der Waals surface area contributed by atoms with Crippen molar-refractivity contribution in [2.24, 2.45) is 11.1 Å². The predicted molar refractivity (Wildman–Crippen MR) is 226 cm³/mol. The molecule has 5 fully saturated rings. The van der Waals surface area contributed by atoms with Crippen LogP contribution in [0.5, 0.6) is 0 Å². The largest absolute Gasteiger partial charge is 0.371 e. The molecule has 5 saturated heterocycles. The summed E-state index contributed by atoms with van der Waals surface area (Å²) < 4.78 is 0. The average Bonchev–Trinajstić information content (AvgIpc) is 3.71. The van der Waals surface area contributed by atoms with Gasteiger partial charge >= 0.3 is 6.03 Å². The minimum absolute atomic E-state index is 0.0604. The molecular formula is C44H53N11O5. The Morgan fingerprint density at radius 3 is 2.43 bits per heavy atom. The maximum Gasteiger partial charge on any atom is 0.320 e. The molecule has 4 N–H and O–H groups in total. The summed E-state index contributed by atoms with van der Waals surface area (Å²) in [6, 6.07) is 13.0. The summed E-state index contributed by atoms with van der Waals surface area (Å²) in [5.41, 5.74) is 10.2. The van der Waals surface area contributed by atoms with Crippen LogP contribution in [0.3, 0.4) is 0 Å². The fourth-order valence-electron chi connectivity index (χ4n) is 10.2. The summed E-state index contributed by atoms with van der Waals surface area (Å²) in [5.74, 6) is -0.895. The molecule has 3 aromatic rings. The number of benzene rings is 2. The van der Waals surface area contributed by atoms with Crippen molar-refractivity contribution in [3.8, 4) is 0 Å². The van der Waals surface area contributed by atoms with Crippen molar-refractivity contribution >= 4 is 52.7 Å². The molecule has 0 radical (unpaired) electrons. The van der Waals surface area contributed by atoms with Crippen LogP contribution in [0.25, 0.3) is 0 Å². The Bertz CT molecular complexity index is 2240. The first-order valence-electron chi connectivity index (χ1n) is 21.2. The van der Waals surface area contributed by atoms with Crippen LogP contribution in [0.4, 0.5) is 27.8 Å². The fourth-order valence-corrected chi connectivity index (χ4v) is 10.2. The molecule has 16 nitrogen and oxygen atoms in total. The van der Waals surface area contributed by atoms with Gasteiger partial charge < -0.3 is 36.0 Å². The highest BCUT2D eigenvalue weighted by Crippen LogP contribution is 2.42. The summed E-state index contributed by atoms with van der Waals surface area (Å²) in [4.78, 5) is 85.6. The quantitative estimate of drug-likeness (QED) is 0.267. The van der Waals surface area contributed by atoms with Crippen LogP contribution in [-0.2, 0) is 11.3 Å². The smallest absolute Gasteiger partial charge is 0.320 e. The number of carbonyl (C=O) groups is 5. The van der Waals surface area contributed by atoms with Gasteiger partial charge in [0.15, 0.2) is 11.5 Å². The molecule has 1 spiro atoms. The van der Waals surface area contributed by atoms with Crippen LogP contribution < -0.4 is 26.2 Å². The normalized spacial score (nSPS) is 23.4. The van der Waals surface area contributed by atoms with Gasteiger partial charge in [-0.1, -0.05) is 12.6 Å². The monoisotopic (exact) mass is 815 g/mol. The molecule has 6 aliphatic rings. The van der Waals surface area contributed by atoms with E-state index in [1.54, 1.807) is 17.2 Å². The number of nitrogens with zero attached hydrogens (tertiary/aromatic N) is 8. The molecule has 9 rings (SSSR count). The zero-order chi connectivity index (χ0) is 41.7. The van der Waals surface area contributed by atoms with E-state index in [1.165, 1.54) is 6.42 Å². The van der Waals surface area contributed by atoms with Crippen molar-refractivity contribution in [3.63, 3.8) is 0 Å². The first kappa shape index (κ1) is 39.4. The third kappa shape index (κ3) is 7.52. The number of carbonyl (C=O) groups excluding carboxylic acids is 5. The van der Waals surface area contributed by atoms with E-state index < -0.39 is 23.8 Å². The molecular weight excluding hydrogens is 763 g/mol. The van der Waals surface area contributed by atoms with Gasteiger partial charge in [0.2, 0.25) is 5.91 Å². The highest BCUT2D eigenvalue weighted by atomic mass is 16.2. The van der Waals surface area contributed by atoms with E-state index in [1.807, 2.05) is 36.2 Å². The van der Waals surface area contributed by atoms with E-state index in [0.717, 1.165) is 99.8 Å². The summed E-state index contributed by atoms with van der Waals surface area (Å²) >= 11 is 0. The summed E-state index contributed by atoms with van der Waals surface area (Å²) in [5, 5.41) is 6.00. The maximum absolute atomic E-state index is 13.5. The summed E-state index contributed by atoms with van der Waals surface area (Å²) in [6.45, 7) is 11.2. The SMILES string of the molecule is C=C1CCC(N2C(=O)c3ccc(CN4CCCC5(CCN(c6ccc(Nc7nc(N8CCC[C@H](N9CCN(C)C9=O)C8)cnc7C(N)=O)cc6)CC5)C4)cc3C2=O)C(=O)N1. The number of rotatable bonds is 9. The van der Waals surface area contributed by atoms with Crippen molar-refractivity contribution in [1.29, 1.82) is 0 Å². The van der Waals surface area contributed by atoms with E-state index in [2.05, 4.69) is 49.0 Å². The van der Waals surface area contributed by atoms with E-state index in [-0.39, 0.29) is 29.1 Å². The number of nitrogens with two attached hydrogens (primary N) is 1. The molecule has 2 atom stereocenters. The van der Waals surface area contributed by atoms with Crippen LogP contribution >= 0.6 is 0 Å². The van der Waals surface area contributed by atoms with Crippen LogP contribution in [0.15, 0.2) is 60.9 Å². The third-order valence-electron chi connectivity index (χ3n) is 13.5. The number of primary amides is 1. The molecule has 2 aromatic carbocycles. The van der Waals surface area contributed by atoms with Gasteiger partial charge in [-0.2, -0.15) is 0 Å². The minimum Gasteiger partial charge on any atom is -0.371 e. The molecule has 0 saturated carbocycles. The second-order valence-electron chi connectivity index (χ2n) is 17.4. The van der Waals surface area contributed by atoms with Crippen molar-refractivity contribution in [2.45, 2.75) is 70.0 Å². The molecule has 0 aliphatic carbocycles. The van der Waals surface area contributed by atoms with Crippen LogP contribution in [-0.4, -0.2) is 131 Å². The number of likely N-dealkylation sites (tertiary alicyclic amines) is 1. The average molecular weight is 816 g/mol. The van der Waals surface area contributed by atoms with Gasteiger partial charge in [0, 0.05) is 76.5 Å². The number of hydrogen-bond acceptors (Lipinski definition) is 11. The number of amides is 6. The van der Waals surface area contributed by atoms with Gasteiger partial charge in [-0.3, -0.25) is 29.0 Å². The number of hydrogen-bond donors (Lipinski definition) is 3. The molecule has 1 unspecified atom stereocenters. The highest BCUT2D eigenvalue weighted by molar-refractivity contribution is 6.23. The van der Waals surface area contributed by atoms with E-state index >= 15 is 0 Å². The Hall–Kier alpha value is -6.03. The number of allylic oxidation sites excluding steroid dienone is 1. The van der Waals surface area contributed by atoms with Crippen LogP contribution in [0.2, 0.25) is 0 Å². The van der Waals surface area contributed by atoms with Gasteiger partial charge in [-0.25, -0.2) is 14.8 Å². The van der Waals surface area contributed by atoms with Crippen molar-refractivity contribution in [1.82, 2.24) is 34.9 Å². The Balaban J connectivity index is 0.807. The molecule has 60 heavy (non-hydrogen) atoms. The van der Waals surface area contributed by atoms with Gasteiger partial charge in [-0.05, 0) is 105 Å². The van der Waals surface area contributed by atoms with Gasteiger partial charge in [0.05, 0.1) is 23.4 Å². The predicted octanol–water partition coefficient (Wildman–Crippen LogP) is 3.93. The Morgan fingerprint density at radius 1 is 0.917 bits per heavy atom. The van der Waals surface area contributed by atoms with Gasteiger partial charge in [0.25, 0.3) is 17.7 Å². The number of fused-ring (bicyclic) bond motifs is 1. The van der Waals surface area contributed by atoms with Gasteiger partial charge in [0.1, 0.15) is 11.9 Å². The minimum atomic E-state index is -0.819. The third-order valence-corrected chi connectivity index (χ3v) is 13.5. The number of piperidine rings is 4. The Morgan fingerprint density at radius 2 is 1.70 bits per heavy atom. The molecule has 0 bridgehead atoms. The zero-order valence-corrected chi connectivity index (χ0v) is 34.2. The Kier molecular flexibility index (Phi) is 10.4. The molecule has 6 aliphatic heterocycles. The van der Waals surface area contributed by atoms with E-state index in [0.29, 0.717) is 54.4 Å². The topological polar surface area (TPSA) is 181 Å². The number of aromatic nitrogens is 2. The fraction of sp³-hybridized carbons (Fsp3) is 0.477. The molecule has 6 amide bonds. The highest BCUT2D eigenvalue weighted by Gasteiger charge is 2.44.